The molecule has 0 radical (unpaired) electrons. The highest BCUT2D eigenvalue weighted by atomic mass is 16.5. The molecule has 0 saturated heterocycles. The lowest BCUT2D eigenvalue weighted by Gasteiger charge is -2.26. The second-order valence-electron chi connectivity index (χ2n) is 9.43. The van der Waals surface area contributed by atoms with Gasteiger partial charge < -0.3 is 28.6 Å². The molecule has 4 rings (SSSR count). The average molecular weight is 542 g/mol. The lowest BCUT2D eigenvalue weighted by Crippen LogP contribution is -2.22. The van der Waals surface area contributed by atoms with Gasteiger partial charge in [0.1, 0.15) is 11.5 Å². The van der Waals surface area contributed by atoms with Gasteiger partial charge in [-0.2, -0.15) is 0 Å². The second-order valence-corrected chi connectivity index (χ2v) is 9.43. The van der Waals surface area contributed by atoms with E-state index in [0.717, 1.165) is 35.8 Å². The molecule has 0 aromatic heterocycles. The minimum atomic E-state index is 0.540. The highest BCUT2D eigenvalue weighted by molar-refractivity contribution is 5.49. The molecule has 0 aliphatic rings. The fourth-order valence-corrected chi connectivity index (χ4v) is 4.32. The Labute approximate surface area is 238 Å². The van der Waals surface area contributed by atoms with Crippen molar-refractivity contribution in [1.29, 1.82) is 0 Å². The van der Waals surface area contributed by atoms with E-state index in [4.69, 9.17) is 23.7 Å². The van der Waals surface area contributed by atoms with Crippen LogP contribution in [0.5, 0.6) is 11.5 Å². The molecule has 6 nitrogen and oxygen atoms in total. The Balaban J connectivity index is 1.25. The SMILES string of the molecule is COc1cccc(CN(Cc2cccc(OC)c2)c2ccc(COCCOCCOCc3ccccc3)cc2)c1. The predicted molar refractivity (Wildman–Crippen MR) is 159 cm³/mol. The topological polar surface area (TPSA) is 49.4 Å². The molecule has 0 heterocycles. The molecule has 210 valence electrons. The lowest BCUT2D eigenvalue weighted by atomic mass is 10.1. The molecule has 0 saturated carbocycles. The van der Waals surface area contributed by atoms with Crippen LogP contribution >= 0.6 is 0 Å². The first-order valence-electron chi connectivity index (χ1n) is 13.6. The van der Waals surface area contributed by atoms with Crippen LogP contribution in [0.3, 0.4) is 0 Å². The number of ether oxygens (including phenoxy) is 5. The third-order valence-corrected chi connectivity index (χ3v) is 6.44. The van der Waals surface area contributed by atoms with Gasteiger partial charge in [0.15, 0.2) is 0 Å². The van der Waals surface area contributed by atoms with E-state index >= 15 is 0 Å². The average Bonchev–Trinajstić information content (AvgIpc) is 3.01. The molecule has 4 aromatic rings. The zero-order chi connectivity index (χ0) is 27.8. The van der Waals surface area contributed by atoms with E-state index in [2.05, 4.69) is 65.6 Å². The quantitative estimate of drug-likeness (QED) is 0.139. The van der Waals surface area contributed by atoms with E-state index in [1.54, 1.807) is 14.2 Å². The minimum Gasteiger partial charge on any atom is -0.497 e. The van der Waals surface area contributed by atoms with Gasteiger partial charge >= 0.3 is 0 Å². The van der Waals surface area contributed by atoms with E-state index in [1.807, 2.05) is 42.5 Å². The Morgan fingerprint density at radius 3 is 1.48 bits per heavy atom. The molecule has 0 fully saturated rings. The molecule has 0 N–H and O–H groups in total. The summed E-state index contributed by atoms with van der Waals surface area (Å²) in [5.74, 6) is 1.71. The highest BCUT2D eigenvalue weighted by Gasteiger charge is 2.11. The maximum absolute atomic E-state index is 5.83. The van der Waals surface area contributed by atoms with E-state index < -0.39 is 0 Å². The van der Waals surface area contributed by atoms with E-state index in [9.17, 15) is 0 Å². The fourth-order valence-electron chi connectivity index (χ4n) is 4.32. The van der Waals surface area contributed by atoms with Crippen molar-refractivity contribution in [3.05, 3.63) is 125 Å². The van der Waals surface area contributed by atoms with Gasteiger partial charge in [-0.25, -0.2) is 0 Å². The second kappa shape index (κ2) is 16.3. The molecule has 0 aliphatic heterocycles. The molecule has 0 atom stereocenters. The van der Waals surface area contributed by atoms with Crippen molar-refractivity contribution in [2.75, 3.05) is 45.5 Å². The number of rotatable bonds is 17. The first-order valence-corrected chi connectivity index (χ1v) is 13.6. The molecule has 6 heteroatoms. The lowest BCUT2D eigenvalue weighted by molar-refractivity contribution is 0.00704. The Morgan fingerprint density at radius 1 is 0.475 bits per heavy atom. The van der Waals surface area contributed by atoms with Crippen molar-refractivity contribution in [3.8, 4) is 11.5 Å². The van der Waals surface area contributed by atoms with Crippen molar-refractivity contribution < 1.29 is 23.7 Å². The van der Waals surface area contributed by atoms with Crippen molar-refractivity contribution in [1.82, 2.24) is 0 Å². The first kappa shape index (κ1) is 29.2. The van der Waals surface area contributed by atoms with Crippen LogP contribution in [0.1, 0.15) is 22.3 Å². The first-order chi connectivity index (χ1) is 19.7. The molecule has 0 aliphatic carbocycles. The van der Waals surface area contributed by atoms with Gasteiger partial charge in [-0.15, -0.1) is 0 Å². The number of methoxy groups -OCH3 is 2. The summed E-state index contributed by atoms with van der Waals surface area (Å²) in [6.45, 7) is 4.85. The van der Waals surface area contributed by atoms with Crippen molar-refractivity contribution in [2.45, 2.75) is 26.3 Å². The number of hydrogen-bond acceptors (Lipinski definition) is 6. The summed E-state index contributed by atoms with van der Waals surface area (Å²) in [5.41, 5.74) is 5.78. The summed E-state index contributed by atoms with van der Waals surface area (Å²) in [7, 11) is 3.39. The van der Waals surface area contributed by atoms with Crippen LogP contribution in [0.2, 0.25) is 0 Å². The number of nitrogens with zero attached hydrogens (tertiary/aromatic N) is 1. The molecule has 0 bridgehead atoms. The molecule has 0 unspecified atom stereocenters. The van der Waals surface area contributed by atoms with Crippen molar-refractivity contribution in [3.63, 3.8) is 0 Å². The zero-order valence-corrected chi connectivity index (χ0v) is 23.5. The van der Waals surface area contributed by atoms with Crippen LogP contribution in [0, 0.1) is 0 Å². The monoisotopic (exact) mass is 541 g/mol. The Kier molecular flexibility index (Phi) is 11.9. The van der Waals surface area contributed by atoms with Gasteiger partial charge in [0.2, 0.25) is 0 Å². The van der Waals surface area contributed by atoms with Crippen LogP contribution < -0.4 is 14.4 Å². The van der Waals surface area contributed by atoms with Gasteiger partial charge in [-0.05, 0) is 58.7 Å². The third-order valence-electron chi connectivity index (χ3n) is 6.44. The van der Waals surface area contributed by atoms with E-state index in [0.29, 0.717) is 39.6 Å². The molecule has 40 heavy (non-hydrogen) atoms. The van der Waals surface area contributed by atoms with Crippen LogP contribution in [0.4, 0.5) is 5.69 Å². The van der Waals surface area contributed by atoms with Crippen LogP contribution in [-0.2, 0) is 40.5 Å². The highest BCUT2D eigenvalue weighted by Crippen LogP contribution is 2.24. The zero-order valence-electron chi connectivity index (χ0n) is 23.5. The summed E-state index contributed by atoms with van der Waals surface area (Å²) < 4.78 is 28.0. The van der Waals surface area contributed by atoms with Crippen molar-refractivity contribution >= 4 is 5.69 Å². The standard InChI is InChI=1S/C34H39NO5/c1-36-33-12-6-10-30(22-33)24-35(25-31-11-7-13-34(23-31)37-2)32-16-14-29(15-17-32)27-40-21-19-38-18-20-39-26-28-8-4-3-5-9-28/h3-17,22-23H,18-21,24-27H2,1-2H3. The van der Waals surface area contributed by atoms with Crippen molar-refractivity contribution in [2.24, 2.45) is 0 Å². The van der Waals surface area contributed by atoms with Gasteiger partial charge in [0.05, 0.1) is 53.9 Å². The van der Waals surface area contributed by atoms with Gasteiger partial charge in [0, 0.05) is 18.8 Å². The predicted octanol–water partition coefficient (Wildman–Crippen LogP) is 6.66. The number of benzene rings is 4. The maximum atomic E-state index is 5.83. The molecule has 0 spiro atoms. The Bertz CT molecular complexity index is 1210. The van der Waals surface area contributed by atoms with Crippen LogP contribution in [0.25, 0.3) is 0 Å². The molecular weight excluding hydrogens is 502 g/mol. The Morgan fingerprint density at radius 2 is 0.950 bits per heavy atom. The summed E-state index contributed by atoms with van der Waals surface area (Å²) >= 11 is 0. The molecular formula is C34H39NO5. The summed E-state index contributed by atoms with van der Waals surface area (Å²) in [5, 5.41) is 0. The van der Waals surface area contributed by atoms with E-state index in [-0.39, 0.29) is 0 Å². The fraction of sp³-hybridized carbons (Fsp3) is 0.294. The minimum absolute atomic E-state index is 0.540. The van der Waals surface area contributed by atoms with Gasteiger partial charge in [-0.1, -0.05) is 66.7 Å². The summed E-state index contributed by atoms with van der Waals surface area (Å²) in [4.78, 5) is 2.35. The number of anilines is 1. The number of hydrogen-bond donors (Lipinski definition) is 0. The van der Waals surface area contributed by atoms with Gasteiger partial charge in [0.25, 0.3) is 0 Å². The van der Waals surface area contributed by atoms with Crippen LogP contribution in [0.15, 0.2) is 103 Å². The van der Waals surface area contributed by atoms with Gasteiger partial charge in [-0.3, -0.25) is 0 Å². The Hall–Kier alpha value is -3.84. The van der Waals surface area contributed by atoms with E-state index in [1.165, 1.54) is 16.7 Å². The molecule has 4 aromatic carbocycles. The normalized spacial score (nSPS) is 10.8. The van der Waals surface area contributed by atoms with Crippen LogP contribution in [-0.4, -0.2) is 40.6 Å². The largest absolute Gasteiger partial charge is 0.497 e. The molecule has 0 amide bonds. The third kappa shape index (κ3) is 9.72. The smallest absolute Gasteiger partial charge is 0.119 e. The summed E-state index contributed by atoms with van der Waals surface area (Å²) in [6.07, 6.45) is 0. The summed E-state index contributed by atoms with van der Waals surface area (Å²) in [6, 6.07) is 35.1. The maximum Gasteiger partial charge on any atom is 0.119 e.